The standard InChI is InChI=1S/C10H8BrN3S2/c11-7-5-8(16-10-12-3-4-15-10)14-9(13-7)6-1-2-6/h3-6H,1-2H2. The number of halogens is 1. The second kappa shape index (κ2) is 4.43. The van der Waals surface area contributed by atoms with Gasteiger partial charge in [-0.05, 0) is 40.5 Å². The molecule has 6 heteroatoms. The van der Waals surface area contributed by atoms with Gasteiger partial charge in [-0.1, -0.05) is 0 Å². The van der Waals surface area contributed by atoms with Gasteiger partial charge in [-0.3, -0.25) is 0 Å². The van der Waals surface area contributed by atoms with Crippen LogP contribution >= 0.6 is 39.0 Å². The molecule has 16 heavy (non-hydrogen) atoms. The molecule has 0 N–H and O–H groups in total. The van der Waals surface area contributed by atoms with Crippen LogP contribution in [0.2, 0.25) is 0 Å². The number of rotatable bonds is 3. The Morgan fingerprint density at radius 3 is 2.94 bits per heavy atom. The number of aromatic nitrogens is 3. The lowest BCUT2D eigenvalue weighted by Gasteiger charge is -2.01. The zero-order chi connectivity index (χ0) is 11.0. The fourth-order valence-corrected chi connectivity index (χ4v) is 3.47. The Morgan fingerprint density at radius 1 is 1.38 bits per heavy atom. The summed E-state index contributed by atoms with van der Waals surface area (Å²) < 4.78 is 1.89. The van der Waals surface area contributed by atoms with E-state index in [-0.39, 0.29) is 0 Å². The number of hydrogen-bond donors (Lipinski definition) is 0. The van der Waals surface area contributed by atoms with Crippen LogP contribution in [-0.2, 0) is 0 Å². The lowest BCUT2D eigenvalue weighted by Crippen LogP contribution is -1.94. The SMILES string of the molecule is Brc1cc(Sc2nccs2)nc(C2CC2)n1. The predicted molar refractivity (Wildman–Crippen MR) is 67.9 cm³/mol. The first-order valence-corrected chi connectivity index (χ1v) is 7.42. The summed E-state index contributed by atoms with van der Waals surface area (Å²) in [7, 11) is 0. The summed E-state index contributed by atoms with van der Waals surface area (Å²) in [6, 6.07) is 1.94. The van der Waals surface area contributed by atoms with Crippen molar-refractivity contribution in [3.63, 3.8) is 0 Å². The van der Waals surface area contributed by atoms with Crippen molar-refractivity contribution < 1.29 is 0 Å². The van der Waals surface area contributed by atoms with Crippen LogP contribution in [0.3, 0.4) is 0 Å². The fraction of sp³-hybridized carbons (Fsp3) is 0.300. The Kier molecular flexibility index (Phi) is 2.95. The summed E-state index contributed by atoms with van der Waals surface area (Å²) >= 11 is 6.66. The van der Waals surface area contributed by atoms with Crippen LogP contribution in [0.5, 0.6) is 0 Å². The smallest absolute Gasteiger partial charge is 0.156 e. The van der Waals surface area contributed by atoms with Gasteiger partial charge >= 0.3 is 0 Å². The van der Waals surface area contributed by atoms with Crippen molar-refractivity contribution in [1.82, 2.24) is 15.0 Å². The molecule has 1 saturated carbocycles. The largest absolute Gasteiger partial charge is 0.238 e. The van der Waals surface area contributed by atoms with Crippen molar-refractivity contribution in [3.8, 4) is 0 Å². The minimum Gasteiger partial charge on any atom is -0.238 e. The molecule has 0 aliphatic heterocycles. The molecule has 0 aromatic carbocycles. The molecule has 1 aliphatic carbocycles. The molecular weight excluding hydrogens is 306 g/mol. The quantitative estimate of drug-likeness (QED) is 0.809. The zero-order valence-corrected chi connectivity index (χ0v) is 11.5. The Labute approximate surface area is 110 Å². The minimum atomic E-state index is 0.577. The third-order valence-corrected chi connectivity index (χ3v) is 4.44. The van der Waals surface area contributed by atoms with Crippen LogP contribution in [0.4, 0.5) is 0 Å². The highest BCUT2D eigenvalue weighted by Crippen LogP contribution is 2.39. The van der Waals surface area contributed by atoms with Gasteiger partial charge in [0.05, 0.1) is 0 Å². The maximum atomic E-state index is 4.56. The molecule has 0 bridgehead atoms. The van der Waals surface area contributed by atoms with E-state index < -0.39 is 0 Å². The molecule has 1 fully saturated rings. The third-order valence-electron chi connectivity index (χ3n) is 2.23. The van der Waals surface area contributed by atoms with E-state index in [4.69, 9.17) is 0 Å². The Bertz CT molecular complexity index is 497. The second-order valence-electron chi connectivity index (χ2n) is 3.56. The number of nitrogens with zero attached hydrogens (tertiary/aromatic N) is 3. The molecule has 3 rings (SSSR count). The van der Waals surface area contributed by atoms with Crippen LogP contribution in [0.1, 0.15) is 24.6 Å². The van der Waals surface area contributed by atoms with Crippen LogP contribution in [0.25, 0.3) is 0 Å². The summed E-state index contributed by atoms with van der Waals surface area (Å²) in [5.74, 6) is 1.54. The van der Waals surface area contributed by atoms with Crippen molar-refractivity contribution in [2.45, 2.75) is 28.1 Å². The molecule has 0 saturated heterocycles. The molecule has 0 radical (unpaired) electrons. The van der Waals surface area contributed by atoms with Gasteiger partial charge in [-0.25, -0.2) is 15.0 Å². The van der Waals surface area contributed by atoms with E-state index in [1.807, 2.05) is 17.6 Å². The fourth-order valence-electron chi connectivity index (χ4n) is 1.34. The number of hydrogen-bond acceptors (Lipinski definition) is 5. The van der Waals surface area contributed by atoms with Gasteiger partial charge in [0.15, 0.2) is 4.34 Å². The maximum Gasteiger partial charge on any atom is 0.156 e. The molecule has 82 valence electrons. The van der Waals surface area contributed by atoms with E-state index in [9.17, 15) is 0 Å². The van der Waals surface area contributed by atoms with E-state index in [0.29, 0.717) is 5.92 Å². The Hall–Kier alpha value is -0.460. The molecule has 2 aromatic rings. The molecule has 0 spiro atoms. The topological polar surface area (TPSA) is 38.7 Å². The lowest BCUT2D eigenvalue weighted by atomic mass is 10.4. The molecular formula is C10H8BrN3S2. The summed E-state index contributed by atoms with van der Waals surface area (Å²) in [6.07, 6.45) is 4.25. The maximum absolute atomic E-state index is 4.56. The summed E-state index contributed by atoms with van der Waals surface area (Å²) in [5.41, 5.74) is 0. The molecule has 2 heterocycles. The highest BCUT2D eigenvalue weighted by molar-refractivity contribution is 9.10. The lowest BCUT2D eigenvalue weighted by molar-refractivity contribution is 0.866. The summed E-state index contributed by atoms with van der Waals surface area (Å²) in [5, 5.41) is 2.94. The first kappa shape index (κ1) is 10.7. The highest BCUT2D eigenvalue weighted by Gasteiger charge is 2.27. The van der Waals surface area contributed by atoms with E-state index in [1.165, 1.54) is 12.8 Å². The van der Waals surface area contributed by atoms with E-state index in [1.54, 1.807) is 23.1 Å². The van der Waals surface area contributed by atoms with E-state index >= 15 is 0 Å². The summed E-state index contributed by atoms with van der Waals surface area (Å²) in [6.45, 7) is 0. The zero-order valence-electron chi connectivity index (χ0n) is 8.26. The van der Waals surface area contributed by atoms with Crippen LogP contribution in [0, 0.1) is 0 Å². The average molecular weight is 314 g/mol. The molecule has 1 aliphatic rings. The van der Waals surface area contributed by atoms with Crippen molar-refractivity contribution in [1.29, 1.82) is 0 Å². The normalized spacial score (nSPS) is 15.3. The van der Waals surface area contributed by atoms with Gasteiger partial charge in [-0.15, -0.1) is 11.3 Å². The monoisotopic (exact) mass is 313 g/mol. The first-order chi connectivity index (χ1) is 7.81. The van der Waals surface area contributed by atoms with E-state index in [0.717, 1.165) is 19.8 Å². The second-order valence-corrected chi connectivity index (χ2v) is 6.54. The molecule has 3 nitrogen and oxygen atoms in total. The Morgan fingerprint density at radius 2 is 2.25 bits per heavy atom. The van der Waals surface area contributed by atoms with Gasteiger partial charge in [0.25, 0.3) is 0 Å². The van der Waals surface area contributed by atoms with Crippen LogP contribution in [0.15, 0.2) is 31.6 Å². The van der Waals surface area contributed by atoms with Crippen LogP contribution < -0.4 is 0 Å². The molecule has 0 amide bonds. The molecule has 0 unspecified atom stereocenters. The van der Waals surface area contributed by atoms with Gasteiger partial charge in [0.2, 0.25) is 0 Å². The molecule has 2 aromatic heterocycles. The van der Waals surface area contributed by atoms with Crippen molar-refractivity contribution >= 4 is 39.0 Å². The Balaban J connectivity index is 1.88. The van der Waals surface area contributed by atoms with Crippen molar-refractivity contribution in [3.05, 3.63) is 28.1 Å². The van der Waals surface area contributed by atoms with E-state index in [2.05, 4.69) is 30.9 Å². The molecule has 0 atom stereocenters. The van der Waals surface area contributed by atoms with Crippen LogP contribution in [-0.4, -0.2) is 15.0 Å². The van der Waals surface area contributed by atoms with Gasteiger partial charge < -0.3 is 0 Å². The van der Waals surface area contributed by atoms with Gasteiger partial charge in [-0.2, -0.15) is 0 Å². The van der Waals surface area contributed by atoms with Gasteiger partial charge in [0.1, 0.15) is 15.5 Å². The first-order valence-electron chi connectivity index (χ1n) is 4.93. The average Bonchev–Trinajstić information content (AvgIpc) is 2.98. The third kappa shape index (κ3) is 2.44. The minimum absolute atomic E-state index is 0.577. The number of thiazole rings is 1. The van der Waals surface area contributed by atoms with Crippen molar-refractivity contribution in [2.75, 3.05) is 0 Å². The summed E-state index contributed by atoms with van der Waals surface area (Å²) in [4.78, 5) is 13.2. The van der Waals surface area contributed by atoms with Crippen molar-refractivity contribution in [2.24, 2.45) is 0 Å². The predicted octanol–water partition coefficient (Wildman–Crippen LogP) is 3.72. The highest BCUT2D eigenvalue weighted by atomic mass is 79.9. The van der Waals surface area contributed by atoms with Gasteiger partial charge in [0, 0.05) is 23.6 Å².